The molecule has 2 N–H and O–H groups in total. The van der Waals surface area contributed by atoms with E-state index in [1.165, 1.54) is 5.56 Å². The number of carbonyl (C=O) groups is 1. The minimum Gasteiger partial charge on any atom is -0.382 e. The molecule has 29 heavy (non-hydrogen) atoms. The van der Waals surface area contributed by atoms with Crippen LogP contribution in [0.5, 0.6) is 0 Å². The third kappa shape index (κ3) is 6.00. The summed E-state index contributed by atoms with van der Waals surface area (Å²) in [6.45, 7) is 8.51. The number of hydrogen-bond donors (Lipinski definition) is 1. The second-order valence-corrected chi connectivity index (χ2v) is 7.82. The van der Waals surface area contributed by atoms with Crippen LogP contribution in [-0.4, -0.2) is 59.6 Å². The molecule has 1 aromatic heterocycles. The number of anilines is 1. The number of hydrogen-bond acceptors (Lipinski definition) is 5. The summed E-state index contributed by atoms with van der Waals surface area (Å²) in [6.07, 6.45) is 7.32. The topological polar surface area (TPSA) is 74.8 Å². The summed E-state index contributed by atoms with van der Waals surface area (Å²) in [7, 11) is 0. The molecule has 2 heterocycles. The first-order chi connectivity index (χ1) is 14.1. The number of benzene rings is 1. The van der Waals surface area contributed by atoms with Crippen molar-refractivity contribution in [3.8, 4) is 0 Å². The van der Waals surface area contributed by atoms with Gasteiger partial charge >= 0.3 is 0 Å². The fourth-order valence-corrected chi connectivity index (χ4v) is 3.73. The van der Waals surface area contributed by atoms with Gasteiger partial charge in [-0.25, -0.2) is 4.98 Å². The fourth-order valence-electron chi connectivity index (χ4n) is 3.73. The molecule has 1 aromatic carbocycles. The lowest BCUT2D eigenvalue weighted by Gasteiger charge is -2.34. The van der Waals surface area contributed by atoms with Crippen LogP contribution < -0.4 is 5.73 Å². The molecule has 0 atom stereocenters. The first-order valence-corrected chi connectivity index (χ1v) is 10.8. The summed E-state index contributed by atoms with van der Waals surface area (Å²) in [4.78, 5) is 24.9. The average Bonchev–Trinajstić information content (AvgIpc) is 2.72. The smallest absolute Gasteiger partial charge is 0.219 e. The molecular formula is C23H33N5O. The highest BCUT2D eigenvalue weighted by atomic mass is 16.2. The number of pyridine rings is 1. The number of unbranched alkanes of at least 4 members (excludes halogenated alkanes) is 2. The summed E-state index contributed by atoms with van der Waals surface area (Å²) in [5.74, 6) is 0.674. The number of rotatable bonds is 8. The zero-order chi connectivity index (χ0) is 20.6. The lowest BCUT2D eigenvalue weighted by Crippen LogP contribution is -2.48. The molecule has 2 aromatic rings. The molecule has 1 amide bonds. The minimum absolute atomic E-state index is 0.183. The number of fused-ring (bicyclic) bond motifs is 1. The van der Waals surface area contributed by atoms with Crippen LogP contribution in [0.3, 0.4) is 0 Å². The highest BCUT2D eigenvalue weighted by Crippen LogP contribution is 2.26. The van der Waals surface area contributed by atoms with Gasteiger partial charge in [0.1, 0.15) is 11.5 Å². The van der Waals surface area contributed by atoms with Crippen molar-refractivity contribution in [3.05, 3.63) is 29.8 Å². The van der Waals surface area contributed by atoms with Gasteiger partial charge in [-0.15, -0.1) is 0 Å². The molecule has 6 heteroatoms. The molecule has 0 radical (unpaired) electrons. The third-order valence-electron chi connectivity index (χ3n) is 5.56. The molecule has 6 nitrogen and oxygen atoms in total. The summed E-state index contributed by atoms with van der Waals surface area (Å²) in [6, 6.07) is 8.47. The Labute approximate surface area is 173 Å². The van der Waals surface area contributed by atoms with E-state index in [-0.39, 0.29) is 5.91 Å². The second kappa shape index (κ2) is 10.3. The van der Waals surface area contributed by atoms with Crippen LogP contribution >= 0.6 is 0 Å². The molecular weight excluding hydrogens is 362 g/mol. The predicted molar refractivity (Wildman–Crippen MR) is 121 cm³/mol. The van der Waals surface area contributed by atoms with E-state index in [1.807, 2.05) is 17.2 Å². The zero-order valence-corrected chi connectivity index (χ0v) is 17.7. The summed E-state index contributed by atoms with van der Waals surface area (Å²) < 4.78 is 0. The Morgan fingerprint density at radius 3 is 2.72 bits per heavy atom. The Morgan fingerprint density at radius 1 is 1.21 bits per heavy atom. The van der Waals surface area contributed by atoms with Crippen molar-refractivity contribution in [3.63, 3.8) is 0 Å². The molecule has 0 bridgehead atoms. The maximum atomic E-state index is 11.4. The zero-order valence-electron chi connectivity index (χ0n) is 17.7. The van der Waals surface area contributed by atoms with Gasteiger partial charge in [0.05, 0.1) is 5.52 Å². The Balaban J connectivity index is 1.54. The molecule has 1 fully saturated rings. The number of nitrogen functional groups attached to an aromatic ring is 1. The van der Waals surface area contributed by atoms with Crippen molar-refractivity contribution < 1.29 is 4.79 Å². The van der Waals surface area contributed by atoms with Gasteiger partial charge in [0.15, 0.2) is 0 Å². The SMILES string of the molecule is CCCCC=Nc1cc2ccc(CCCN3CCN(C(C)=O)CC3)cc2nc1N. The number of nitrogens with zero attached hydrogens (tertiary/aromatic N) is 4. The highest BCUT2D eigenvalue weighted by Gasteiger charge is 2.17. The van der Waals surface area contributed by atoms with Crippen LogP contribution in [0.1, 0.15) is 45.1 Å². The van der Waals surface area contributed by atoms with Gasteiger partial charge in [-0.3, -0.25) is 14.7 Å². The molecule has 0 spiro atoms. The maximum Gasteiger partial charge on any atom is 0.219 e. The normalized spacial score (nSPS) is 15.4. The Kier molecular flexibility index (Phi) is 7.58. The van der Waals surface area contributed by atoms with E-state index in [4.69, 9.17) is 5.73 Å². The van der Waals surface area contributed by atoms with Gasteiger partial charge in [0.25, 0.3) is 0 Å². The van der Waals surface area contributed by atoms with E-state index in [1.54, 1.807) is 6.92 Å². The summed E-state index contributed by atoms with van der Waals surface area (Å²) >= 11 is 0. The van der Waals surface area contributed by atoms with Gasteiger partial charge in [-0.2, -0.15) is 0 Å². The number of piperazine rings is 1. The lowest BCUT2D eigenvalue weighted by molar-refractivity contribution is -0.130. The van der Waals surface area contributed by atoms with Crippen LogP contribution in [0.4, 0.5) is 11.5 Å². The molecule has 1 aliphatic rings. The van der Waals surface area contributed by atoms with Crippen molar-refractivity contribution in [2.24, 2.45) is 4.99 Å². The van der Waals surface area contributed by atoms with Gasteiger partial charge in [0.2, 0.25) is 5.91 Å². The van der Waals surface area contributed by atoms with Crippen LogP contribution in [0.2, 0.25) is 0 Å². The fraction of sp³-hybridized carbons (Fsp3) is 0.522. The van der Waals surface area contributed by atoms with Gasteiger partial charge < -0.3 is 10.6 Å². The van der Waals surface area contributed by atoms with E-state index < -0.39 is 0 Å². The van der Waals surface area contributed by atoms with Crippen molar-refractivity contribution in [2.75, 3.05) is 38.5 Å². The van der Waals surface area contributed by atoms with E-state index in [9.17, 15) is 4.79 Å². The van der Waals surface area contributed by atoms with Crippen molar-refractivity contribution in [1.29, 1.82) is 0 Å². The number of nitrogens with two attached hydrogens (primary N) is 1. The first-order valence-electron chi connectivity index (χ1n) is 10.8. The molecule has 0 aliphatic carbocycles. The number of aryl methyl sites for hydroxylation is 1. The third-order valence-corrected chi connectivity index (χ3v) is 5.56. The second-order valence-electron chi connectivity index (χ2n) is 7.82. The number of aromatic nitrogens is 1. The quantitative estimate of drug-likeness (QED) is 0.545. The van der Waals surface area contributed by atoms with Crippen LogP contribution in [0.15, 0.2) is 29.3 Å². The molecule has 1 saturated heterocycles. The van der Waals surface area contributed by atoms with E-state index in [0.29, 0.717) is 5.82 Å². The molecule has 0 saturated carbocycles. The number of aliphatic imine (C=N–C) groups is 1. The van der Waals surface area contributed by atoms with E-state index in [0.717, 1.165) is 81.4 Å². The predicted octanol–water partition coefficient (Wildman–Crippen LogP) is 3.81. The number of amides is 1. The van der Waals surface area contributed by atoms with Crippen LogP contribution in [-0.2, 0) is 11.2 Å². The Morgan fingerprint density at radius 2 is 2.00 bits per heavy atom. The van der Waals surface area contributed by atoms with Gasteiger partial charge in [-0.05, 0) is 49.9 Å². The number of carbonyl (C=O) groups excluding carboxylic acids is 1. The standard InChI is InChI=1S/C23H33N5O/c1-3-4-5-10-25-22-17-20-9-8-19(16-21(20)26-23(22)24)7-6-11-27-12-14-28(15-13-27)18(2)29/h8-10,16-17H,3-7,11-15H2,1-2H3,(H2,24,26). The van der Waals surface area contributed by atoms with Crippen LogP contribution in [0, 0.1) is 0 Å². The molecule has 156 valence electrons. The lowest BCUT2D eigenvalue weighted by atomic mass is 10.1. The van der Waals surface area contributed by atoms with Crippen molar-refractivity contribution >= 4 is 34.5 Å². The Hall–Kier alpha value is -2.47. The maximum absolute atomic E-state index is 11.4. The molecule has 1 aliphatic heterocycles. The van der Waals surface area contributed by atoms with Crippen molar-refractivity contribution in [2.45, 2.75) is 46.0 Å². The monoisotopic (exact) mass is 395 g/mol. The van der Waals surface area contributed by atoms with E-state index in [2.05, 4.69) is 40.0 Å². The highest BCUT2D eigenvalue weighted by molar-refractivity contribution is 5.86. The molecule has 3 rings (SSSR count). The van der Waals surface area contributed by atoms with Crippen molar-refractivity contribution in [1.82, 2.24) is 14.8 Å². The van der Waals surface area contributed by atoms with Gasteiger partial charge in [-0.1, -0.05) is 25.5 Å². The minimum atomic E-state index is 0.183. The first kappa shape index (κ1) is 21.2. The van der Waals surface area contributed by atoms with E-state index >= 15 is 0 Å². The van der Waals surface area contributed by atoms with Crippen LogP contribution in [0.25, 0.3) is 10.9 Å². The average molecular weight is 396 g/mol. The summed E-state index contributed by atoms with van der Waals surface area (Å²) in [5, 5.41) is 1.07. The largest absolute Gasteiger partial charge is 0.382 e. The summed E-state index contributed by atoms with van der Waals surface area (Å²) in [5.41, 5.74) is 9.09. The van der Waals surface area contributed by atoms with Gasteiger partial charge in [0, 0.05) is 44.7 Å². The Bertz CT molecular complexity index is 856. The molecule has 0 unspecified atom stereocenters.